The molecule has 3 rings (SSSR count). The predicted octanol–water partition coefficient (Wildman–Crippen LogP) is 2.44. The van der Waals surface area contributed by atoms with Crippen molar-refractivity contribution in [3.05, 3.63) is 59.7 Å². The van der Waals surface area contributed by atoms with Crippen molar-refractivity contribution in [2.45, 2.75) is 12.8 Å². The molecular weight excluding hydrogens is 495 g/mol. The molecule has 8 heteroatoms. The lowest BCUT2D eigenvalue weighted by molar-refractivity contribution is -0.127. The average molecular weight is 524 g/mol. The molecule has 0 unspecified atom stereocenters. The molecule has 2 N–H and O–H groups in total. The Morgan fingerprint density at radius 2 is 1.63 bits per heavy atom. The molecule has 7 nitrogen and oxygen atoms in total. The van der Waals surface area contributed by atoms with Gasteiger partial charge in [-0.3, -0.25) is 4.79 Å². The van der Waals surface area contributed by atoms with Crippen molar-refractivity contribution in [1.29, 1.82) is 0 Å². The number of hydrogen-bond acceptors (Lipinski definition) is 4. The first kappa shape index (κ1) is 23.8. The molecule has 1 aliphatic rings. The minimum Gasteiger partial charge on any atom is -0.454 e. The molecule has 1 amide bonds. The van der Waals surface area contributed by atoms with Gasteiger partial charge in [0.1, 0.15) is 6.54 Å². The number of hydrogen-bond donors (Lipinski definition) is 2. The van der Waals surface area contributed by atoms with Gasteiger partial charge in [-0.25, -0.2) is 4.99 Å². The number of carbonyl (C=O) groups is 1. The lowest BCUT2D eigenvalue weighted by Crippen LogP contribution is -2.40. The van der Waals surface area contributed by atoms with E-state index in [1.54, 1.807) is 14.1 Å². The summed E-state index contributed by atoms with van der Waals surface area (Å²) in [6, 6.07) is 16.2. The second kappa shape index (κ2) is 12.3. The molecule has 0 spiro atoms. The summed E-state index contributed by atoms with van der Waals surface area (Å²) in [5.41, 5.74) is 2.40. The van der Waals surface area contributed by atoms with Gasteiger partial charge in [0, 0.05) is 27.2 Å². The molecule has 0 aromatic heterocycles. The van der Waals surface area contributed by atoms with Crippen LogP contribution >= 0.6 is 24.0 Å². The maximum Gasteiger partial charge on any atom is 0.243 e. The van der Waals surface area contributed by atoms with Crippen LogP contribution in [0.4, 0.5) is 0 Å². The third kappa shape index (κ3) is 7.40. The molecule has 0 atom stereocenters. The van der Waals surface area contributed by atoms with Crippen molar-refractivity contribution in [1.82, 2.24) is 15.5 Å². The topological polar surface area (TPSA) is 75.2 Å². The van der Waals surface area contributed by atoms with Gasteiger partial charge in [0.25, 0.3) is 0 Å². The number of guanidine groups is 1. The quantitative estimate of drug-likeness (QED) is 0.316. The molecule has 0 saturated heterocycles. The molecule has 30 heavy (non-hydrogen) atoms. The summed E-state index contributed by atoms with van der Waals surface area (Å²) in [5, 5.41) is 6.63. The van der Waals surface area contributed by atoms with Crippen LogP contribution in [0.1, 0.15) is 11.1 Å². The maximum atomic E-state index is 11.9. The monoisotopic (exact) mass is 524 g/mol. The van der Waals surface area contributed by atoms with Crippen molar-refractivity contribution in [3.8, 4) is 11.5 Å². The Hall–Kier alpha value is -2.49. The van der Waals surface area contributed by atoms with Crippen LogP contribution in [0.5, 0.6) is 11.5 Å². The maximum absolute atomic E-state index is 11.9. The minimum absolute atomic E-state index is 0. The summed E-state index contributed by atoms with van der Waals surface area (Å²) in [6.07, 6.45) is 1.68. The fourth-order valence-electron chi connectivity index (χ4n) is 2.85. The van der Waals surface area contributed by atoms with Gasteiger partial charge in [-0.15, -0.1) is 24.0 Å². The van der Waals surface area contributed by atoms with Crippen LogP contribution in [0, 0.1) is 0 Å². The van der Waals surface area contributed by atoms with Crippen LogP contribution in [-0.2, 0) is 17.6 Å². The van der Waals surface area contributed by atoms with Gasteiger partial charge >= 0.3 is 0 Å². The highest BCUT2D eigenvalue weighted by Crippen LogP contribution is 2.32. The second-order valence-electron chi connectivity index (χ2n) is 6.98. The smallest absolute Gasteiger partial charge is 0.243 e. The van der Waals surface area contributed by atoms with Crippen molar-refractivity contribution in [2.24, 2.45) is 4.99 Å². The molecule has 0 bridgehead atoms. The highest BCUT2D eigenvalue weighted by atomic mass is 127. The number of nitrogens with zero attached hydrogens (tertiary/aromatic N) is 2. The van der Waals surface area contributed by atoms with E-state index in [9.17, 15) is 4.79 Å². The number of nitrogens with one attached hydrogen (secondary N) is 2. The molecular formula is C22H29IN4O3. The van der Waals surface area contributed by atoms with E-state index in [-0.39, 0.29) is 43.2 Å². The number of likely N-dealkylation sites (N-methyl/N-ethyl adjacent to an activating group) is 1. The van der Waals surface area contributed by atoms with Crippen molar-refractivity contribution < 1.29 is 14.3 Å². The summed E-state index contributed by atoms with van der Waals surface area (Å²) < 4.78 is 10.8. The molecule has 162 valence electrons. The van der Waals surface area contributed by atoms with Gasteiger partial charge in [0.2, 0.25) is 12.7 Å². The lowest BCUT2D eigenvalue weighted by Gasteiger charge is -2.14. The zero-order valence-electron chi connectivity index (χ0n) is 17.4. The number of carbonyl (C=O) groups excluding carboxylic acids is 1. The minimum atomic E-state index is -0.0371. The Morgan fingerprint density at radius 1 is 0.967 bits per heavy atom. The van der Waals surface area contributed by atoms with Gasteiger partial charge in [0.15, 0.2) is 17.5 Å². The van der Waals surface area contributed by atoms with E-state index in [0.717, 1.165) is 36.4 Å². The van der Waals surface area contributed by atoms with Crippen molar-refractivity contribution in [2.75, 3.05) is 40.5 Å². The van der Waals surface area contributed by atoms with Gasteiger partial charge < -0.3 is 25.0 Å². The summed E-state index contributed by atoms with van der Waals surface area (Å²) >= 11 is 0. The fourth-order valence-corrected chi connectivity index (χ4v) is 2.85. The first-order valence-electron chi connectivity index (χ1n) is 9.76. The van der Waals surface area contributed by atoms with Crippen molar-refractivity contribution in [3.63, 3.8) is 0 Å². The summed E-state index contributed by atoms with van der Waals surface area (Å²) in [6.45, 7) is 1.81. The zero-order valence-corrected chi connectivity index (χ0v) is 19.7. The van der Waals surface area contributed by atoms with E-state index in [1.807, 2.05) is 36.4 Å². The van der Waals surface area contributed by atoms with Gasteiger partial charge in [-0.2, -0.15) is 0 Å². The van der Waals surface area contributed by atoms with E-state index in [1.165, 1.54) is 10.5 Å². The van der Waals surface area contributed by atoms with Crippen LogP contribution in [0.25, 0.3) is 0 Å². The van der Waals surface area contributed by atoms with Crippen LogP contribution in [0.2, 0.25) is 0 Å². The Labute approximate surface area is 194 Å². The van der Waals surface area contributed by atoms with E-state index < -0.39 is 0 Å². The first-order valence-corrected chi connectivity index (χ1v) is 9.76. The molecule has 0 aliphatic carbocycles. The average Bonchev–Trinajstić information content (AvgIpc) is 3.20. The third-order valence-electron chi connectivity index (χ3n) is 4.56. The number of fused-ring (bicyclic) bond motifs is 1. The largest absolute Gasteiger partial charge is 0.454 e. The van der Waals surface area contributed by atoms with Gasteiger partial charge in [0.05, 0.1) is 0 Å². The number of ether oxygens (including phenoxy) is 2. The molecule has 1 aliphatic heterocycles. The second-order valence-corrected chi connectivity index (χ2v) is 6.98. The SMILES string of the molecule is CN(C)C(=O)CN=C(NCCc1ccccc1)NCCc1ccc2c(c1)OCO2.I. The van der Waals surface area contributed by atoms with Crippen LogP contribution in [-0.4, -0.2) is 57.3 Å². The molecule has 0 radical (unpaired) electrons. The summed E-state index contributed by atoms with van der Waals surface area (Å²) in [5.74, 6) is 2.17. The number of rotatable bonds is 8. The van der Waals surface area contributed by atoms with Gasteiger partial charge in [-0.05, 0) is 36.1 Å². The summed E-state index contributed by atoms with van der Waals surface area (Å²) in [4.78, 5) is 17.8. The Kier molecular flexibility index (Phi) is 9.72. The standard InChI is InChI=1S/C22H28N4O3.HI/c1-26(2)21(27)15-25-22(23-12-10-17-6-4-3-5-7-17)24-13-11-18-8-9-19-20(14-18)29-16-28-19;/h3-9,14H,10-13,15-16H2,1-2H3,(H2,23,24,25);1H. The van der Waals surface area contributed by atoms with Gasteiger partial charge in [-0.1, -0.05) is 36.4 Å². The van der Waals surface area contributed by atoms with E-state index in [2.05, 4.69) is 27.8 Å². The Bertz CT molecular complexity index is 844. The normalized spacial score (nSPS) is 12.1. The fraction of sp³-hybridized carbons (Fsp3) is 0.364. The molecule has 2 aromatic rings. The third-order valence-corrected chi connectivity index (χ3v) is 4.56. The predicted molar refractivity (Wildman–Crippen MR) is 129 cm³/mol. The molecule has 0 fully saturated rings. The van der Waals surface area contributed by atoms with Crippen LogP contribution in [0.3, 0.4) is 0 Å². The first-order chi connectivity index (χ1) is 14.1. The molecule has 0 saturated carbocycles. The van der Waals surface area contributed by atoms with E-state index in [0.29, 0.717) is 12.5 Å². The highest BCUT2D eigenvalue weighted by Gasteiger charge is 2.13. The highest BCUT2D eigenvalue weighted by molar-refractivity contribution is 14.0. The number of halogens is 1. The summed E-state index contributed by atoms with van der Waals surface area (Å²) in [7, 11) is 3.46. The van der Waals surface area contributed by atoms with Crippen LogP contribution < -0.4 is 20.1 Å². The molecule has 1 heterocycles. The lowest BCUT2D eigenvalue weighted by atomic mass is 10.1. The van der Waals surface area contributed by atoms with Crippen LogP contribution in [0.15, 0.2) is 53.5 Å². The Balaban J connectivity index is 0.00000320. The Morgan fingerprint density at radius 3 is 2.33 bits per heavy atom. The van der Waals surface area contributed by atoms with E-state index in [4.69, 9.17) is 9.47 Å². The van der Waals surface area contributed by atoms with E-state index >= 15 is 0 Å². The molecule has 2 aromatic carbocycles. The van der Waals surface area contributed by atoms with Crippen molar-refractivity contribution >= 4 is 35.8 Å². The zero-order chi connectivity index (χ0) is 20.5. The number of aliphatic imine (C=N–C) groups is 1. The number of benzene rings is 2. The number of amides is 1.